The largest absolute Gasteiger partial charge is 0.310 e. The first-order chi connectivity index (χ1) is 11.9. The Morgan fingerprint density at radius 1 is 0.917 bits per heavy atom. The van der Waals surface area contributed by atoms with Gasteiger partial charge < -0.3 is 5.32 Å². The van der Waals surface area contributed by atoms with Crippen molar-refractivity contribution in [3.05, 3.63) is 89.7 Å². The second-order valence-electron chi connectivity index (χ2n) is 6.69. The minimum atomic E-state index is 0.632. The molecule has 0 atom stereocenters. The summed E-state index contributed by atoms with van der Waals surface area (Å²) in [5.41, 5.74) is 4.02. The van der Waals surface area contributed by atoms with Crippen LogP contribution in [0, 0.1) is 0 Å². The van der Waals surface area contributed by atoms with E-state index in [4.69, 9.17) is 0 Å². The van der Waals surface area contributed by atoms with Gasteiger partial charge in [0.25, 0.3) is 0 Å². The number of nitrogens with one attached hydrogen (secondary N) is 1. The number of benzene rings is 2. The van der Waals surface area contributed by atoms with Gasteiger partial charge in [0.2, 0.25) is 0 Å². The summed E-state index contributed by atoms with van der Waals surface area (Å²) in [5.74, 6) is 0.726. The van der Waals surface area contributed by atoms with E-state index in [1.54, 1.807) is 0 Å². The van der Waals surface area contributed by atoms with Crippen molar-refractivity contribution in [2.75, 3.05) is 0 Å². The number of hydrogen-bond donors (Lipinski definition) is 1. The fraction of sp³-hybridized carbons (Fsp3) is 0.286. The molecular weight excluding hydrogens is 294 g/mol. The van der Waals surface area contributed by atoms with Crippen molar-refractivity contribution in [1.29, 1.82) is 0 Å². The molecule has 1 aromatic heterocycles. The zero-order chi connectivity index (χ0) is 16.2. The lowest BCUT2D eigenvalue weighted by Gasteiger charge is -2.36. The Balaban J connectivity index is 1.24. The lowest BCUT2D eigenvalue weighted by atomic mass is 9.76. The molecule has 1 fully saturated rings. The van der Waals surface area contributed by atoms with E-state index in [0.717, 1.165) is 19.0 Å². The molecule has 1 heterocycles. The SMILES string of the molecule is c1ccc(Cn2cc(CNC3CC(c4ccccc4)C3)cn2)cc1. The van der Waals surface area contributed by atoms with Crippen LogP contribution in [0.1, 0.15) is 35.4 Å². The molecule has 0 unspecified atom stereocenters. The van der Waals surface area contributed by atoms with Crippen LogP contribution >= 0.6 is 0 Å². The first kappa shape index (κ1) is 15.2. The summed E-state index contributed by atoms with van der Waals surface area (Å²) in [4.78, 5) is 0. The molecule has 0 spiro atoms. The van der Waals surface area contributed by atoms with Crippen LogP contribution in [0.15, 0.2) is 73.1 Å². The van der Waals surface area contributed by atoms with Gasteiger partial charge in [0.15, 0.2) is 0 Å². The zero-order valence-electron chi connectivity index (χ0n) is 13.8. The van der Waals surface area contributed by atoms with E-state index in [9.17, 15) is 0 Å². The van der Waals surface area contributed by atoms with Crippen molar-refractivity contribution in [1.82, 2.24) is 15.1 Å². The Morgan fingerprint density at radius 2 is 1.62 bits per heavy atom. The molecular formula is C21H23N3. The van der Waals surface area contributed by atoms with Gasteiger partial charge in [-0.25, -0.2) is 0 Å². The maximum Gasteiger partial charge on any atom is 0.0659 e. The first-order valence-electron chi connectivity index (χ1n) is 8.70. The highest BCUT2D eigenvalue weighted by atomic mass is 15.3. The molecule has 3 nitrogen and oxygen atoms in total. The molecule has 0 aliphatic heterocycles. The van der Waals surface area contributed by atoms with Gasteiger partial charge in [0, 0.05) is 24.3 Å². The Hall–Kier alpha value is -2.39. The molecule has 3 heteroatoms. The van der Waals surface area contributed by atoms with Gasteiger partial charge in [-0.05, 0) is 29.9 Å². The van der Waals surface area contributed by atoms with Crippen LogP contribution in [0.2, 0.25) is 0 Å². The molecule has 0 bridgehead atoms. The predicted octanol–water partition coefficient (Wildman–Crippen LogP) is 3.97. The van der Waals surface area contributed by atoms with Gasteiger partial charge in [-0.2, -0.15) is 5.10 Å². The highest BCUT2D eigenvalue weighted by molar-refractivity contribution is 5.23. The van der Waals surface area contributed by atoms with E-state index >= 15 is 0 Å². The smallest absolute Gasteiger partial charge is 0.0659 e. The highest BCUT2D eigenvalue weighted by Gasteiger charge is 2.29. The summed E-state index contributed by atoms with van der Waals surface area (Å²) in [5, 5.41) is 8.13. The molecule has 0 saturated heterocycles. The number of aromatic nitrogens is 2. The van der Waals surface area contributed by atoms with Gasteiger partial charge >= 0.3 is 0 Å². The average molecular weight is 317 g/mol. The summed E-state index contributed by atoms with van der Waals surface area (Å²) in [7, 11) is 0. The van der Waals surface area contributed by atoms with E-state index < -0.39 is 0 Å². The minimum Gasteiger partial charge on any atom is -0.310 e. The molecule has 1 N–H and O–H groups in total. The van der Waals surface area contributed by atoms with Crippen LogP contribution in [0.3, 0.4) is 0 Å². The lowest BCUT2D eigenvalue weighted by molar-refractivity contribution is 0.289. The van der Waals surface area contributed by atoms with Crippen LogP contribution in [0.25, 0.3) is 0 Å². The molecule has 4 rings (SSSR count). The third-order valence-corrected chi connectivity index (χ3v) is 4.88. The quantitative estimate of drug-likeness (QED) is 0.745. The summed E-state index contributed by atoms with van der Waals surface area (Å²) in [6, 6.07) is 21.9. The fourth-order valence-corrected chi connectivity index (χ4v) is 3.40. The molecule has 122 valence electrons. The van der Waals surface area contributed by atoms with Crippen LogP contribution in [-0.4, -0.2) is 15.8 Å². The van der Waals surface area contributed by atoms with Gasteiger partial charge in [0.05, 0.1) is 12.7 Å². The normalized spacial score (nSPS) is 19.8. The zero-order valence-corrected chi connectivity index (χ0v) is 13.8. The lowest BCUT2D eigenvalue weighted by Crippen LogP contribution is -2.39. The maximum absolute atomic E-state index is 4.47. The van der Waals surface area contributed by atoms with Gasteiger partial charge in [-0.1, -0.05) is 60.7 Å². The Bertz CT molecular complexity index is 758. The number of rotatable bonds is 6. The van der Waals surface area contributed by atoms with Crippen LogP contribution in [0.5, 0.6) is 0 Å². The van der Waals surface area contributed by atoms with Crippen molar-refractivity contribution in [2.45, 2.75) is 37.9 Å². The molecule has 1 saturated carbocycles. The van der Waals surface area contributed by atoms with E-state index in [1.807, 2.05) is 16.9 Å². The van der Waals surface area contributed by atoms with Gasteiger partial charge in [-0.3, -0.25) is 4.68 Å². The minimum absolute atomic E-state index is 0.632. The van der Waals surface area contributed by atoms with Gasteiger partial charge in [-0.15, -0.1) is 0 Å². The summed E-state index contributed by atoms with van der Waals surface area (Å²) >= 11 is 0. The van der Waals surface area contributed by atoms with Crippen LogP contribution < -0.4 is 5.32 Å². The second-order valence-corrected chi connectivity index (χ2v) is 6.69. The first-order valence-corrected chi connectivity index (χ1v) is 8.70. The summed E-state index contributed by atoms with van der Waals surface area (Å²) in [6.45, 7) is 1.74. The van der Waals surface area contributed by atoms with Gasteiger partial charge in [0.1, 0.15) is 0 Å². The van der Waals surface area contributed by atoms with E-state index in [1.165, 1.54) is 29.5 Å². The second kappa shape index (κ2) is 7.02. The van der Waals surface area contributed by atoms with Crippen LogP contribution in [0.4, 0.5) is 0 Å². The fourth-order valence-electron chi connectivity index (χ4n) is 3.40. The molecule has 24 heavy (non-hydrogen) atoms. The van der Waals surface area contributed by atoms with Crippen molar-refractivity contribution in [2.24, 2.45) is 0 Å². The van der Waals surface area contributed by atoms with Crippen molar-refractivity contribution in [3.63, 3.8) is 0 Å². The molecule has 2 aromatic carbocycles. The molecule has 1 aliphatic rings. The molecule has 0 radical (unpaired) electrons. The number of nitrogens with zero attached hydrogens (tertiary/aromatic N) is 2. The third-order valence-electron chi connectivity index (χ3n) is 4.88. The van der Waals surface area contributed by atoms with E-state index in [-0.39, 0.29) is 0 Å². The van der Waals surface area contributed by atoms with Crippen molar-refractivity contribution >= 4 is 0 Å². The molecule has 1 aliphatic carbocycles. The van der Waals surface area contributed by atoms with Crippen LogP contribution in [-0.2, 0) is 13.1 Å². The Labute approximate surface area is 143 Å². The predicted molar refractivity (Wildman–Crippen MR) is 96.8 cm³/mol. The third kappa shape index (κ3) is 3.57. The monoisotopic (exact) mass is 317 g/mol. The summed E-state index contributed by atoms with van der Waals surface area (Å²) in [6.07, 6.45) is 6.60. The van der Waals surface area contributed by atoms with Crippen molar-refractivity contribution < 1.29 is 0 Å². The molecule has 3 aromatic rings. The highest BCUT2D eigenvalue weighted by Crippen LogP contribution is 2.36. The summed E-state index contributed by atoms with van der Waals surface area (Å²) < 4.78 is 2.01. The Kier molecular flexibility index (Phi) is 4.43. The topological polar surface area (TPSA) is 29.9 Å². The van der Waals surface area contributed by atoms with E-state index in [0.29, 0.717) is 6.04 Å². The Morgan fingerprint density at radius 3 is 2.38 bits per heavy atom. The average Bonchev–Trinajstić information content (AvgIpc) is 3.03. The standard InChI is InChI=1S/C21H23N3/c1-3-7-17(8-4-1)15-24-16-18(14-23-24)13-22-21-11-20(12-21)19-9-5-2-6-10-19/h1-10,14,16,20-22H,11-13,15H2. The van der Waals surface area contributed by atoms with Crippen molar-refractivity contribution in [3.8, 4) is 0 Å². The number of hydrogen-bond acceptors (Lipinski definition) is 2. The maximum atomic E-state index is 4.47. The molecule has 0 amide bonds. The van der Waals surface area contributed by atoms with E-state index in [2.05, 4.69) is 71.2 Å².